The highest BCUT2D eigenvalue weighted by atomic mass is 35.5. The second-order valence-electron chi connectivity index (χ2n) is 3.83. The molecule has 0 aliphatic heterocycles. The Hall–Kier alpha value is -1.59. The van der Waals surface area contributed by atoms with Crippen LogP contribution < -0.4 is 0 Å². The quantitative estimate of drug-likeness (QED) is 0.805. The number of hydrogen-bond acceptors (Lipinski definition) is 3. The second-order valence-corrected chi connectivity index (χ2v) is 4.19. The smallest absolute Gasteiger partial charge is 0.311 e. The standard InChI is InChI=1S/C13H11ClF2N2O/c1-19-8-4-7-13(15,16)11-12(14)18-10-6-3-2-5-9(10)17-11/h2-7H,8H2,1H3. The van der Waals surface area contributed by atoms with Crippen molar-refractivity contribution >= 4 is 22.6 Å². The van der Waals surface area contributed by atoms with Gasteiger partial charge in [-0.05, 0) is 18.2 Å². The lowest BCUT2D eigenvalue weighted by Gasteiger charge is -2.13. The van der Waals surface area contributed by atoms with Gasteiger partial charge >= 0.3 is 5.92 Å². The fourth-order valence-electron chi connectivity index (χ4n) is 1.56. The summed E-state index contributed by atoms with van der Waals surface area (Å²) in [5.41, 5.74) is 0.301. The zero-order valence-electron chi connectivity index (χ0n) is 10.1. The van der Waals surface area contributed by atoms with Crippen molar-refractivity contribution in [1.82, 2.24) is 9.97 Å². The lowest BCUT2D eigenvalue weighted by Crippen LogP contribution is -2.14. The van der Waals surface area contributed by atoms with Crippen molar-refractivity contribution in [3.05, 3.63) is 47.3 Å². The van der Waals surface area contributed by atoms with Crippen molar-refractivity contribution in [1.29, 1.82) is 0 Å². The van der Waals surface area contributed by atoms with Crippen molar-refractivity contribution in [3.63, 3.8) is 0 Å². The molecule has 2 rings (SSSR count). The first kappa shape index (κ1) is 13.8. The van der Waals surface area contributed by atoms with E-state index in [9.17, 15) is 8.78 Å². The van der Waals surface area contributed by atoms with Crippen LogP contribution in [0.2, 0.25) is 5.15 Å². The van der Waals surface area contributed by atoms with E-state index in [4.69, 9.17) is 11.6 Å². The van der Waals surface area contributed by atoms with Gasteiger partial charge in [0.2, 0.25) is 0 Å². The van der Waals surface area contributed by atoms with Crippen LogP contribution in [-0.2, 0) is 10.7 Å². The molecule has 19 heavy (non-hydrogen) atoms. The minimum Gasteiger partial charge on any atom is -0.381 e. The van der Waals surface area contributed by atoms with Crippen LogP contribution in [0.5, 0.6) is 0 Å². The zero-order chi connectivity index (χ0) is 13.9. The van der Waals surface area contributed by atoms with Crippen LogP contribution >= 0.6 is 11.6 Å². The van der Waals surface area contributed by atoms with Gasteiger partial charge < -0.3 is 4.74 Å². The van der Waals surface area contributed by atoms with E-state index in [1.807, 2.05) is 0 Å². The summed E-state index contributed by atoms with van der Waals surface area (Å²) in [5.74, 6) is -3.29. The van der Waals surface area contributed by atoms with E-state index >= 15 is 0 Å². The Bertz CT molecular complexity index is 617. The lowest BCUT2D eigenvalue weighted by atomic mass is 10.2. The first-order valence-corrected chi connectivity index (χ1v) is 5.89. The predicted molar refractivity (Wildman–Crippen MR) is 69.5 cm³/mol. The maximum absolute atomic E-state index is 13.9. The molecule has 0 fully saturated rings. The molecule has 3 nitrogen and oxygen atoms in total. The van der Waals surface area contributed by atoms with Crippen LogP contribution in [0.3, 0.4) is 0 Å². The molecule has 0 bridgehead atoms. The van der Waals surface area contributed by atoms with E-state index < -0.39 is 11.6 Å². The van der Waals surface area contributed by atoms with E-state index in [2.05, 4.69) is 14.7 Å². The highest BCUT2D eigenvalue weighted by Crippen LogP contribution is 2.33. The van der Waals surface area contributed by atoms with E-state index in [0.29, 0.717) is 17.1 Å². The number of para-hydroxylation sites is 2. The molecule has 0 aliphatic rings. The molecule has 0 aliphatic carbocycles. The fraction of sp³-hybridized carbons (Fsp3) is 0.231. The van der Waals surface area contributed by atoms with Gasteiger partial charge in [-0.25, -0.2) is 9.97 Å². The minimum absolute atomic E-state index is 0.0915. The van der Waals surface area contributed by atoms with Gasteiger partial charge in [-0.15, -0.1) is 0 Å². The van der Waals surface area contributed by atoms with Gasteiger partial charge in [0.05, 0.1) is 17.6 Å². The molecule has 0 atom stereocenters. The molecule has 0 unspecified atom stereocenters. The Morgan fingerprint density at radius 1 is 1.26 bits per heavy atom. The Kier molecular flexibility index (Phi) is 4.07. The number of allylic oxidation sites excluding steroid dienone is 1. The van der Waals surface area contributed by atoms with Crippen LogP contribution in [-0.4, -0.2) is 23.7 Å². The molecule has 100 valence electrons. The fourth-order valence-corrected chi connectivity index (χ4v) is 1.82. The lowest BCUT2D eigenvalue weighted by molar-refractivity contribution is 0.0464. The third kappa shape index (κ3) is 3.05. The maximum Gasteiger partial charge on any atom is 0.311 e. The highest BCUT2D eigenvalue weighted by molar-refractivity contribution is 6.30. The molecule has 0 saturated carbocycles. The van der Waals surface area contributed by atoms with Crippen LogP contribution in [0.15, 0.2) is 36.4 Å². The topological polar surface area (TPSA) is 35.0 Å². The molecule has 1 heterocycles. The zero-order valence-corrected chi connectivity index (χ0v) is 10.9. The summed E-state index contributed by atoms with van der Waals surface area (Å²) in [5, 5.41) is -0.300. The van der Waals surface area contributed by atoms with Gasteiger partial charge in [0, 0.05) is 7.11 Å². The molecule has 2 aromatic rings. The molecular formula is C13H11ClF2N2O. The molecule has 0 saturated heterocycles. The molecule has 0 N–H and O–H groups in total. The highest BCUT2D eigenvalue weighted by Gasteiger charge is 2.33. The van der Waals surface area contributed by atoms with E-state index in [-0.39, 0.29) is 11.8 Å². The molecule has 1 aromatic heterocycles. The Morgan fingerprint density at radius 2 is 1.89 bits per heavy atom. The first-order chi connectivity index (χ1) is 9.04. The number of nitrogens with zero attached hydrogens (tertiary/aromatic N) is 2. The second kappa shape index (κ2) is 5.59. The van der Waals surface area contributed by atoms with Crippen molar-refractivity contribution in [3.8, 4) is 0 Å². The third-order valence-corrected chi connectivity index (χ3v) is 2.70. The number of hydrogen-bond donors (Lipinski definition) is 0. The third-order valence-electron chi connectivity index (χ3n) is 2.43. The minimum atomic E-state index is -3.29. The normalized spacial score (nSPS) is 12.4. The number of ether oxygens (including phenoxy) is 1. The summed E-state index contributed by atoms with van der Waals surface area (Å²) < 4.78 is 32.6. The Balaban J connectivity index is 2.46. The Morgan fingerprint density at radius 3 is 2.53 bits per heavy atom. The molecule has 0 radical (unpaired) electrons. The number of benzene rings is 1. The van der Waals surface area contributed by atoms with Gasteiger partial charge in [0.25, 0.3) is 0 Å². The molecule has 0 spiro atoms. The molecular weight excluding hydrogens is 274 g/mol. The van der Waals surface area contributed by atoms with Gasteiger partial charge in [-0.3, -0.25) is 0 Å². The van der Waals surface area contributed by atoms with Gasteiger partial charge in [-0.1, -0.05) is 29.8 Å². The van der Waals surface area contributed by atoms with Crippen LogP contribution in [0.25, 0.3) is 11.0 Å². The van der Waals surface area contributed by atoms with Crippen molar-refractivity contribution in [2.75, 3.05) is 13.7 Å². The van der Waals surface area contributed by atoms with Gasteiger partial charge in [0.15, 0.2) is 10.8 Å². The van der Waals surface area contributed by atoms with Crippen molar-refractivity contribution in [2.45, 2.75) is 5.92 Å². The molecule has 0 amide bonds. The first-order valence-electron chi connectivity index (χ1n) is 5.52. The summed E-state index contributed by atoms with van der Waals surface area (Å²) in [4.78, 5) is 7.82. The number of fused-ring (bicyclic) bond motifs is 1. The number of aromatic nitrogens is 2. The van der Waals surface area contributed by atoms with Crippen LogP contribution in [0.1, 0.15) is 5.69 Å². The number of alkyl halides is 2. The SMILES string of the molecule is COCC=CC(F)(F)c1nc2ccccc2nc1Cl. The average Bonchev–Trinajstić information content (AvgIpc) is 2.38. The Labute approximate surface area is 113 Å². The predicted octanol–water partition coefficient (Wildman–Crippen LogP) is 3.58. The van der Waals surface area contributed by atoms with E-state index in [1.54, 1.807) is 24.3 Å². The summed E-state index contributed by atoms with van der Waals surface area (Å²) in [6.07, 6.45) is 1.92. The molecule has 1 aromatic carbocycles. The summed E-state index contributed by atoms with van der Waals surface area (Å²) in [6, 6.07) is 6.71. The van der Waals surface area contributed by atoms with Crippen LogP contribution in [0, 0.1) is 0 Å². The van der Waals surface area contributed by atoms with Crippen molar-refractivity contribution < 1.29 is 13.5 Å². The number of rotatable bonds is 4. The van der Waals surface area contributed by atoms with E-state index in [0.717, 1.165) is 0 Å². The van der Waals surface area contributed by atoms with Crippen molar-refractivity contribution in [2.24, 2.45) is 0 Å². The van der Waals surface area contributed by atoms with Gasteiger partial charge in [-0.2, -0.15) is 8.78 Å². The van der Waals surface area contributed by atoms with Crippen LogP contribution in [0.4, 0.5) is 8.78 Å². The maximum atomic E-state index is 13.9. The summed E-state index contributed by atoms with van der Waals surface area (Å²) >= 11 is 5.78. The monoisotopic (exact) mass is 284 g/mol. The van der Waals surface area contributed by atoms with E-state index in [1.165, 1.54) is 13.2 Å². The molecule has 6 heteroatoms. The summed E-state index contributed by atoms with van der Waals surface area (Å²) in [7, 11) is 1.42. The number of halogens is 3. The average molecular weight is 285 g/mol. The summed E-state index contributed by atoms with van der Waals surface area (Å²) in [6.45, 7) is 0.0915. The van der Waals surface area contributed by atoms with Gasteiger partial charge in [0.1, 0.15) is 0 Å². The number of methoxy groups -OCH3 is 1. The largest absolute Gasteiger partial charge is 0.381 e.